The van der Waals surface area contributed by atoms with E-state index in [1.165, 1.54) is 45.2 Å². The van der Waals surface area contributed by atoms with Crippen molar-refractivity contribution in [3.8, 4) is 0 Å². The van der Waals surface area contributed by atoms with E-state index in [4.69, 9.17) is 0 Å². The topological polar surface area (TPSA) is 42.9 Å². The van der Waals surface area contributed by atoms with Crippen molar-refractivity contribution in [2.75, 3.05) is 46.8 Å². The Morgan fingerprint density at radius 1 is 1.10 bits per heavy atom. The van der Waals surface area contributed by atoms with Gasteiger partial charge in [0.2, 0.25) is 0 Å². The van der Waals surface area contributed by atoms with Gasteiger partial charge < -0.3 is 15.5 Å². The largest absolute Gasteiger partial charge is 0.355 e. The maximum Gasteiger partial charge on any atom is 0.191 e. The van der Waals surface area contributed by atoms with Crippen molar-refractivity contribution in [3.63, 3.8) is 0 Å². The normalized spacial score (nSPS) is 20.8. The minimum absolute atomic E-state index is 0. The third kappa shape index (κ3) is 6.52. The summed E-state index contributed by atoms with van der Waals surface area (Å²) in [7, 11) is 4.02. The second kappa shape index (κ2) is 11.5. The standard InChI is InChI=1S/C22H36FN5.HI/c1-18-7-8-19(15-20(18)23)16-25-21(24-2)26-17-22(9-13-27(3)14-10-22)28-11-5-4-6-12-28;/h7-8,15H,4-6,9-14,16-17H2,1-3H3,(H2,24,25,26);1H. The number of nitrogens with zero attached hydrogens (tertiary/aromatic N) is 3. The second-order valence-corrected chi connectivity index (χ2v) is 8.44. The van der Waals surface area contributed by atoms with E-state index in [0.717, 1.165) is 31.2 Å². The molecule has 0 aromatic heterocycles. The van der Waals surface area contributed by atoms with Crippen LogP contribution in [0.2, 0.25) is 0 Å². The molecule has 2 N–H and O–H groups in total. The number of likely N-dealkylation sites (tertiary alicyclic amines) is 2. The monoisotopic (exact) mass is 517 g/mol. The maximum absolute atomic E-state index is 13.8. The van der Waals surface area contributed by atoms with Gasteiger partial charge in [-0.15, -0.1) is 24.0 Å². The zero-order chi connectivity index (χ0) is 20.0. The Kier molecular flexibility index (Phi) is 9.62. The molecule has 164 valence electrons. The number of guanidine groups is 1. The summed E-state index contributed by atoms with van der Waals surface area (Å²) in [5.74, 6) is 0.633. The highest BCUT2D eigenvalue weighted by Crippen LogP contribution is 2.30. The van der Waals surface area contributed by atoms with Gasteiger partial charge in [-0.2, -0.15) is 0 Å². The minimum Gasteiger partial charge on any atom is -0.355 e. The fourth-order valence-electron chi connectivity index (χ4n) is 4.41. The Hall–Kier alpha value is -0.930. The highest BCUT2D eigenvalue weighted by Gasteiger charge is 2.39. The molecule has 29 heavy (non-hydrogen) atoms. The van der Waals surface area contributed by atoms with Gasteiger partial charge in [-0.3, -0.25) is 9.89 Å². The zero-order valence-electron chi connectivity index (χ0n) is 18.1. The number of aliphatic imine (C=N–C) groups is 1. The van der Waals surface area contributed by atoms with E-state index in [0.29, 0.717) is 12.1 Å². The third-order valence-corrected chi connectivity index (χ3v) is 6.45. The molecule has 0 bridgehead atoms. The molecule has 1 aromatic carbocycles. The minimum atomic E-state index is -0.155. The summed E-state index contributed by atoms with van der Waals surface area (Å²) < 4.78 is 13.8. The summed E-state index contributed by atoms with van der Waals surface area (Å²) in [5, 5.41) is 6.92. The number of hydrogen-bond donors (Lipinski definition) is 2. The first kappa shape index (κ1) is 24.3. The van der Waals surface area contributed by atoms with Crippen molar-refractivity contribution in [2.45, 2.75) is 51.1 Å². The van der Waals surface area contributed by atoms with Crippen molar-refractivity contribution < 1.29 is 4.39 Å². The van der Waals surface area contributed by atoms with Crippen molar-refractivity contribution in [1.82, 2.24) is 20.4 Å². The molecule has 0 saturated carbocycles. The number of nitrogens with one attached hydrogen (secondary N) is 2. The van der Waals surface area contributed by atoms with Gasteiger partial charge in [0.25, 0.3) is 0 Å². The van der Waals surface area contributed by atoms with Gasteiger partial charge in [-0.25, -0.2) is 4.39 Å². The highest BCUT2D eigenvalue weighted by molar-refractivity contribution is 14.0. The summed E-state index contributed by atoms with van der Waals surface area (Å²) in [5.41, 5.74) is 1.81. The summed E-state index contributed by atoms with van der Waals surface area (Å²) in [4.78, 5) is 9.54. The van der Waals surface area contributed by atoms with E-state index < -0.39 is 0 Å². The Balaban J connectivity index is 0.00000300. The lowest BCUT2D eigenvalue weighted by Gasteiger charge is -2.50. The van der Waals surface area contributed by atoms with Crippen molar-refractivity contribution in [2.24, 2.45) is 4.99 Å². The molecule has 0 radical (unpaired) electrons. The Morgan fingerprint density at radius 2 is 1.79 bits per heavy atom. The smallest absolute Gasteiger partial charge is 0.191 e. The Bertz CT molecular complexity index is 667. The third-order valence-electron chi connectivity index (χ3n) is 6.45. The van der Waals surface area contributed by atoms with Gasteiger partial charge >= 0.3 is 0 Å². The van der Waals surface area contributed by atoms with Crippen LogP contribution in [-0.4, -0.2) is 68.1 Å². The van der Waals surface area contributed by atoms with Crippen molar-refractivity contribution in [1.29, 1.82) is 0 Å². The summed E-state index contributed by atoms with van der Waals surface area (Å²) in [6.45, 7) is 7.97. The molecular formula is C22H37FIN5. The summed E-state index contributed by atoms with van der Waals surface area (Å²) in [6, 6.07) is 5.39. The van der Waals surface area contributed by atoms with Crippen LogP contribution >= 0.6 is 24.0 Å². The zero-order valence-corrected chi connectivity index (χ0v) is 20.5. The molecule has 2 aliphatic heterocycles. The lowest BCUT2D eigenvalue weighted by Crippen LogP contribution is -2.62. The SMILES string of the molecule is CN=C(NCc1ccc(C)c(F)c1)NCC1(N2CCCCC2)CCN(C)CC1.I. The molecule has 2 saturated heterocycles. The van der Waals surface area contributed by atoms with Crippen LogP contribution in [0.1, 0.15) is 43.2 Å². The highest BCUT2D eigenvalue weighted by atomic mass is 127. The van der Waals surface area contributed by atoms with E-state index in [9.17, 15) is 4.39 Å². The molecule has 0 unspecified atom stereocenters. The Morgan fingerprint density at radius 3 is 2.41 bits per heavy atom. The number of halogens is 2. The first-order chi connectivity index (χ1) is 13.5. The number of piperidine rings is 2. The predicted octanol–water partition coefficient (Wildman–Crippen LogP) is 3.37. The molecule has 7 heteroatoms. The number of hydrogen-bond acceptors (Lipinski definition) is 3. The lowest BCUT2D eigenvalue weighted by molar-refractivity contribution is 0.0173. The van der Waals surface area contributed by atoms with E-state index >= 15 is 0 Å². The van der Waals surface area contributed by atoms with E-state index in [1.54, 1.807) is 20.0 Å². The predicted molar refractivity (Wildman–Crippen MR) is 130 cm³/mol. The molecule has 3 rings (SSSR count). The number of aryl methyl sites for hydroxylation is 1. The van der Waals surface area contributed by atoms with Gasteiger partial charge in [-0.1, -0.05) is 18.6 Å². The fourth-order valence-corrected chi connectivity index (χ4v) is 4.41. The molecule has 2 fully saturated rings. The van der Waals surface area contributed by atoms with E-state index in [2.05, 4.69) is 32.5 Å². The van der Waals surface area contributed by atoms with Gasteiger partial charge in [0, 0.05) is 25.7 Å². The van der Waals surface area contributed by atoms with E-state index in [1.807, 2.05) is 12.1 Å². The lowest BCUT2D eigenvalue weighted by atomic mass is 9.84. The molecule has 0 amide bonds. The van der Waals surface area contributed by atoms with Crippen LogP contribution in [0.25, 0.3) is 0 Å². The molecule has 2 aliphatic rings. The van der Waals surface area contributed by atoms with E-state index in [-0.39, 0.29) is 35.3 Å². The average Bonchev–Trinajstić information content (AvgIpc) is 2.73. The number of benzene rings is 1. The molecule has 5 nitrogen and oxygen atoms in total. The average molecular weight is 517 g/mol. The van der Waals surface area contributed by atoms with Crippen LogP contribution in [0.5, 0.6) is 0 Å². The molecule has 2 heterocycles. The molecule has 1 aromatic rings. The van der Waals surface area contributed by atoms with Crippen LogP contribution in [0.3, 0.4) is 0 Å². The van der Waals surface area contributed by atoms with Gasteiger partial charge in [0.1, 0.15) is 5.82 Å². The van der Waals surface area contributed by atoms with Gasteiger partial charge in [0.15, 0.2) is 5.96 Å². The van der Waals surface area contributed by atoms with Crippen LogP contribution in [-0.2, 0) is 6.54 Å². The van der Waals surface area contributed by atoms with Crippen LogP contribution in [0.4, 0.5) is 4.39 Å². The quantitative estimate of drug-likeness (QED) is 0.357. The van der Waals surface area contributed by atoms with Crippen LogP contribution < -0.4 is 10.6 Å². The Labute approximate surface area is 192 Å². The summed E-state index contributed by atoms with van der Waals surface area (Å²) >= 11 is 0. The van der Waals surface area contributed by atoms with Crippen LogP contribution in [0.15, 0.2) is 23.2 Å². The van der Waals surface area contributed by atoms with Gasteiger partial charge in [0.05, 0.1) is 0 Å². The van der Waals surface area contributed by atoms with Crippen molar-refractivity contribution >= 4 is 29.9 Å². The first-order valence-corrected chi connectivity index (χ1v) is 10.7. The maximum atomic E-state index is 13.8. The molecule has 0 spiro atoms. The fraction of sp³-hybridized carbons (Fsp3) is 0.682. The second-order valence-electron chi connectivity index (χ2n) is 8.44. The van der Waals surface area contributed by atoms with Crippen molar-refractivity contribution in [3.05, 3.63) is 35.1 Å². The summed E-state index contributed by atoms with van der Waals surface area (Å²) in [6.07, 6.45) is 6.36. The number of rotatable bonds is 5. The molecular weight excluding hydrogens is 480 g/mol. The van der Waals surface area contributed by atoms with Gasteiger partial charge in [-0.05, 0) is 83.0 Å². The molecule has 0 atom stereocenters. The first-order valence-electron chi connectivity index (χ1n) is 10.7. The van der Waals surface area contributed by atoms with Crippen LogP contribution in [0, 0.1) is 12.7 Å². The molecule has 0 aliphatic carbocycles.